The van der Waals surface area contributed by atoms with Gasteiger partial charge < -0.3 is 34.5 Å². The van der Waals surface area contributed by atoms with Gasteiger partial charge in [0.1, 0.15) is 18.3 Å². The zero-order chi connectivity index (χ0) is 23.1. The Balaban J connectivity index is 2.09. The molecule has 3 unspecified atom stereocenters. The van der Waals surface area contributed by atoms with Crippen LogP contribution in [0.3, 0.4) is 0 Å². The number of nitrogens with one attached hydrogen (secondary N) is 1. The summed E-state index contributed by atoms with van der Waals surface area (Å²) in [6, 6.07) is 0. The lowest BCUT2D eigenvalue weighted by molar-refractivity contribution is -0.0543. The Hall–Kier alpha value is -1.03. The quantitative estimate of drug-likeness (QED) is 0.188. The second-order valence-corrected chi connectivity index (χ2v) is 10.3. The molecule has 1 aromatic heterocycles. The third-order valence-corrected chi connectivity index (χ3v) is 7.38. The molecular formula is C10H17N2O15P3. The fourth-order valence-electron chi connectivity index (χ4n) is 2.34. The van der Waals surface area contributed by atoms with Gasteiger partial charge in [-0.25, -0.2) is 18.5 Å². The van der Waals surface area contributed by atoms with Gasteiger partial charge in [-0.3, -0.25) is 18.9 Å². The van der Waals surface area contributed by atoms with E-state index >= 15 is 0 Å². The molecule has 1 aliphatic heterocycles. The van der Waals surface area contributed by atoms with E-state index in [2.05, 4.69) is 13.1 Å². The van der Waals surface area contributed by atoms with Gasteiger partial charge in [0, 0.05) is 11.8 Å². The Morgan fingerprint density at radius 2 is 1.67 bits per heavy atom. The Kier molecular flexibility index (Phi) is 7.44. The average Bonchev–Trinajstić information content (AvgIpc) is 2.81. The molecule has 0 spiro atoms. The molecule has 1 saturated heterocycles. The fraction of sp³-hybridized carbons (Fsp3) is 0.600. The second-order valence-electron chi connectivity index (χ2n) is 5.91. The van der Waals surface area contributed by atoms with Crippen molar-refractivity contribution in [1.82, 2.24) is 9.55 Å². The number of aromatic nitrogens is 2. The molecule has 1 aromatic rings. The van der Waals surface area contributed by atoms with Gasteiger partial charge in [-0.05, 0) is 6.92 Å². The molecule has 0 radical (unpaired) electrons. The molecule has 30 heavy (non-hydrogen) atoms. The number of hydrogen-bond donors (Lipinski definition) is 7. The summed E-state index contributed by atoms with van der Waals surface area (Å²) >= 11 is 0. The Morgan fingerprint density at radius 1 is 1.07 bits per heavy atom. The van der Waals surface area contributed by atoms with Crippen molar-refractivity contribution in [2.75, 3.05) is 6.61 Å². The highest BCUT2D eigenvalue weighted by atomic mass is 31.3. The standard InChI is InChI=1S/C10H17N2O15P3/c1-4-2-12(10(16)11-8(4)15)9-7(14)6(13)5(25-9)3-24-29(20,21)27-30(22,23)26-28(17,18)19/h2,5-7,9,13-14H,3H2,1H3,(H,20,21)(H,22,23)(H,11,15,16)(H2,17,18,19)/t5-,6-,7-,9?/m1/s1. The molecule has 20 heteroatoms. The zero-order valence-electron chi connectivity index (χ0n) is 14.7. The highest BCUT2D eigenvalue weighted by molar-refractivity contribution is 7.66. The highest BCUT2D eigenvalue weighted by Gasteiger charge is 2.46. The molecular weight excluding hydrogens is 481 g/mol. The lowest BCUT2D eigenvalue weighted by Crippen LogP contribution is -2.38. The molecule has 7 N–H and O–H groups in total. The van der Waals surface area contributed by atoms with Gasteiger partial charge in [0.2, 0.25) is 0 Å². The second kappa shape index (κ2) is 8.84. The summed E-state index contributed by atoms with van der Waals surface area (Å²) < 4.78 is 50.8. The molecule has 2 heterocycles. The van der Waals surface area contributed by atoms with Gasteiger partial charge in [0.05, 0.1) is 6.61 Å². The van der Waals surface area contributed by atoms with Crippen molar-refractivity contribution >= 4 is 23.5 Å². The molecule has 0 aromatic carbocycles. The van der Waals surface area contributed by atoms with E-state index in [1.54, 1.807) is 0 Å². The van der Waals surface area contributed by atoms with Crippen LogP contribution in [-0.4, -0.2) is 64.3 Å². The summed E-state index contributed by atoms with van der Waals surface area (Å²) in [4.78, 5) is 60.6. The molecule has 0 aliphatic carbocycles. The van der Waals surface area contributed by atoms with Crippen LogP contribution in [0.5, 0.6) is 0 Å². The first-order valence-electron chi connectivity index (χ1n) is 7.63. The van der Waals surface area contributed by atoms with E-state index in [-0.39, 0.29) is 5.56 Å². The first-order valence-corrected chi connectivity index (χ1v) is 12.2. The number of hydrogen-bond acceptors (Lipinski definition) is 11. The maximum Gasteiger partial charge on any atom is 0.490 e. The van der Waals surface area contributed by atoms with Gasteiger partial charge in [-0.2, -0.15) is 8.62 Å². The summed E-state index contributed by atoms with van der Waals surface area (Å²) in [5, 5.41) is 20.1. The van der Waals surface area contributed by atoms with Crippen molar-refractivity contribution in [2.45, 2.75) is 31.5 Å². The third-order valence-electron chi connectivity index (χ3n) is 3.58. The molecule has 6 atom stereocenters. The zero-order valence-corrected chi connectivity index (χ0v) is 17.4. The SMILES string of the molecule is Cc1cn(C2O[C@H](COP(=O)(O)OP(=O)(O)OP(=O)(O)O)[C@@H](O)[C@H]2O)c(=O)[nH]c1=O. The van der Waals surface area contributed by atoms with Gasteiger partial charge in [0.25, 0.3) is 5.56 Å². The minimum Gasteiger partial charge on any atom is -0.387 e. The number of rotatable bonds is 8. The Labute approximate surface area is 165 Å². The van der Waals surface area contributed by atoms with Crippen LogP contribution in [0.15, 0.2) is 15.8 Å². The molecule has 1 fully saturated rings. The van der Waals surface area contributed by atoms with E-state index in [4.69, 9.17) is 19.4 Å². The normalized spacial score (nSPS) is 28.8. The van der Waals surface area contributed by atoms with Crippen molar-refractivity contribution < 1.29 is 61.4 Å². The van der Waals surface area contributed by atoms with Crippen LogP contribution in [0, 0.1) is 6.92 Å². The number of ether oxygens (including phenoxy) is 1. The fourth-order valence-corrected chi connectivity index (χ4v) is 5.37. The molecule has 0 saturated carbocycles. The van der Waals surface area contributed by atoms with Crippen molar-refractivity contribution in [3.05, 3.63) is 32.6 Å². The first-order chi connectivity index (χ1) is 13.5. The molecule has 1 aliphatic rings. The van der Waals surface area contributed by atoms with Crippen molar-refractivity contribution in [2.24, 2.45) is 0 Å². The number of nitrogens with zero attached hydrogens (tertiary/aromatic N) is 1. The van der Waals surface area contributed by atoms with Crippen LogP contribution in [0.25, 0.3) is 0 Å². The monoisotopic (exact) mass is 498 g/mol. The van der Waals surface area contributed by atoms with E-state index in [9.17, 15) is 38.4 Å². The maximum atomic E-state index is 11.9. The topological polar surface area (TPSA) is 264 Å². The van der Waals surface area contributed by atoms with Crippen LogP contribution in [-0.2, 0) is 31.6 Å². The minimum atomic E-state index is -5.73. The summed E-state index contributed by atoms with van der Waals surface area (Å²) in [7, 11) is -16.8. The van der Waals surface area contributed by atoms with E-state index in [0.29, 0.717) is 0 Å². The molecule has 0 amide bonds. The number of aliphatic hydroxyl groups excluding tert-OH is 2. The number of phosphoric acid groups is 3. The lowest BCUT2D eigenvalue weighted by Gasteiger charge is -2.19. The third kappa shape index (κ3) is 6.48. The first kappa shape index (κ1) is 25.2. The summed E-state index contributed by atoms with van der Waals surface area (Å²) in [5.74, 6) is 0. The van der Waals surface area contributed by atoms with Crippen molar-refractivity contribution in [1.29, 1.82) is 0 Å². The molecule has 0 bridgehead atoms. The van der Waals surface area contributed by atoms with E-state index < -0.39 is 65.9 Å². The number of H-pyrrole nitrogens is 1. The van der Waals surface area contributed by atoms with Crippen LogP contribution in [0.4, 0.5) is 0 Å². The van der Waals surface area contributed by atoms with Gasteiger partial charge in [-0.15, -0.1) is 0 Å². The number of phosphoric ester groups is 1. The van der Waals surface area contributed by atoms with Crippen molar-refractivity contribution in [3.63, 3.8) is 0 Å². The lowest BCUT2D eigenvalue weighted by atomic mass is 10.1. The highest BCUT2D eigenvalue weighted by Crippen LogP contribution is 2.66. The number of aromatic amines is 1. The minimum absolute atomic E-state index is 0.0663. The predicted molar refractivity (Wildman–Crippen MR) is 91.8 cm³/mol. The van der Waals surface area contributed by atoms with Gasteiger partial charge in [-0.1, -0.05) is 0 Å². The predicted octanol–water partition coefficient (Wildman–Crippen LogP) is -2.19. The van der Waals surface area contributed by atoms with Crippen LogP contribution < -0.4 is 11.2 Å². The van der Waals surface area contributed by atoms with E-state index in [1.165, 1.54) is 6.92 Å². The van der Waals surface area contributed by atoms with Crippen LogP contribution >= 0.6 is 23.5 Å². The summed E-state index contributed by atoms with van der Waals surface area (Å²) in [5.41, 5.74) is -1.62. The summed E-state index contributed by atoms with van der Waals surface area (Å²) in [6.07, 6.45) is -5.64. The van der Waals surface area contributed by atoms with Gasteiger partial charge in [0.15, 0.2) is 6.23 Å². The maximum absolute atomic E-state index is 11.9. The Bertz CT molecular complexity index is 1040. The largest absolute Gasteiger partial charge is 0.490 e. The molecule has 17 nitrogen and oxygen atoms in total. The number of aliphatic hydroxyl groups is 2. The van der Waals surface area contributed by atoms with Crippen LogP contribution in [0.2, 0.25) is 0 Å². The average molecular weight is 498 g/mol. The number of aryl methyl sites for hydroxylation is 1. The van der Waals surface area contributed by atoms with Gasteiger partial charge >= 0.3 is 29.2 Å². The Morgan fingerprint density at radius 3 is 2.23 bits per heavy atom. The summed E-state index contributed by atoms with van der Waals surface area (Å²) in [6.45, 7) is 0.300. The molecule has 172 valence electrons. The smallest absolute Gasteiger partial charge is 0.387 e. The van der Waals surface area contributed by atoms with Crippen molar-refractivity contribution in [3.8, 4) is 0 Å². The van der Waals surface area contributed by atoms with Crippen LogP contribution in [0.1, 0.15) is 11.8 Å². The molecule has 2 rings (SSSR count). The van der Waals surface area contributed by atoms with E-state index in [1.807, 2.05) is 4.98 Å². The van der Waals surface area contributed by atoms with E-state index in [0.717, 1.165) is 10.8 Å².